The molecule has 0 aliphatic rings. The Hall–Kier alpha value is -2.11. The Morgan fingerprint density at radius 3 is 2.58 bits per heavy atom. The number of nitrogens with zero attached hydrogens (tertiary/aromatic N) is 2. The third kappa shape index (κ3) is 4.17. The van der Waals surface area contributed by atoms with Gasteiger partial charge in [0.05, 0.1) is 10.2 Å². The molecule has 2 aromatic carbocycles. The summed E-state index contributed by atoms with van der Waals surface area (Å²) in [6, 6.07) is 11.3. The first-order chi connectivity index (χ1) is 12.5. The average Bonchev–Trinajstić information content (AvgIpc) is 2.92. The van der Waals surface area contributed by atoms with Crippen molar-refractivity contribution in [3.63, 3.8) is 0 Å². The summed E-state index contributed by atoms with van der Waals surface area (Å²) in [6.07, 6.45) is 0.974. The third-order valence-corrected chi connectivity index (χ3v) is 5.43. The highest BCUT2D eigenvalue weighted by Crippen LogP contribution is 2.22. The van der Waals surface area contributed by atoms with E-state index in [2.05, 4.69) is 42.5 Å². The Bertz CT molecular complexity index is 1000. The summed E-state index contributed by atoms with van der Waals surface area (Å²) < 4.78 is 8.76. The minimum absolute atomic E-state index is 0.0972. The lowest BCUT2D eigenvalue weighted by molar-refractivity contribution is -0.120. The first-order valence-corrected chi connectivity index (χ1v) is 9.74. The van der Waals surface area contributed by atoms with Crippen LogP contribution >= 0.6 is 22.9 Å². The van der Waals surface area contributed by atoms with Crippen LogP contribution in [0.5, 0.6) is 5.75 Å². The number of amides is 1. The fourth-order valence-corrected chi connectivity index (χ4v) is 3.94. The molecule has 0 fully saturated rings. The average molecular weight is 389 g/mol. The standard InChI is InChI=1S/C20H21ClN2O2S/c1-4-9-23-17-10-13(2)14(3)11-18(17)26-20(23)22-19(24)12-25-16-7-5-15(21)6-8-16/h5-8,10-11H,4,9,12H2,1-3H3. The van der Waals surface area contributed by atoms with Gasteiger partial charge in [0.25, 0.3) is 5.91 Å². The zero-order chi connectivity index (χ0) is 18.7. The van der Waals surface area contributed by atoms with Crippen LogP contribution in [0.1, 0.15) is 24.5 Å². The number of ether oxygens (including phenoxy) is 1. The molecule has 0 N–H and O–H groups in total. The molecule has 3 rings (SSSR count). The van der Waals surface area contributed by atoms with Gasteiger partial charge in [0.15, 0.2) is 11.4 Å². The number of thiazole rings is 1. The molecule has 4 nitrogen and oxygen atoms in total. The van der Waals surface area contributed by atoms with Crippen molar-refractivity contribution < 1.29 is 9.53 Å². The highest BCUT2D eigenvalue weighted by molar-refractivity contribution is 7.16. The zero-order valence-corrected chi connectivity index (χ0v) is 16.7. The maximum absolute atomic E-state index is 12.3. The van der Waals surface area contributed by atoms with E-state index < -0.39 is 0 Å². The maximum atomic E-state index is 12.3. The maximum Gasteiger partial charge on any atom is 0.286 e. The molecule has 26 heavy (non-hydrogen) atoms. The molecule has 1 aromatic heterocycles. The van der Waals surface area contributed by atoms with Crippen molar-refractivity contribution in [2.75, 3.05) is 6.61 Å². The van der Waals surface area contributed by atoms with E-state index in [1.54, 1.807) is 35.6 Å². The van der Waals surface area contributed by atoms with E-state index in [0.717, 1.165) is 28.0 Å². The van der Waals surface area contributed by atoms with Crippen molar-refractivity contribution in [1.29, 1.82) is 0 Å². The Morgan fingerprint density at radius 1 is 1.19 bits per heavy atom. The highest BCUT2D eigenvalue weighted by Gasteiger charge is 2.09. The summed E-state index contributed by atoms with van der Waals surface area (Å²) in [4.78, 5) is 17.3. The minimum atomic E-state index is -0.301. The van der Waals surface area contributed by atoms with Gasteiger partial charge in [-0.3, -0.25) is 4.79 Å². The number of rotatable bonds is 5. The molecule has 1 amide bonds. The number of hydrogen-bond donors (Lipinski definition) is 0. The number of benzene rings is 2. The van der Waals surface area contributed by atoms with Gasteiger partial charge in [-0.1, -0.05) is 29.9 Å². The van der Waals surface area contributed by atoms with Crippen LogP contribution in [0.2, 0.25) is 5.02 Å². The summed E-state index contributed by atoms with van der Waals surface area (Å²) in [5.41, 5.74) is 3.61. The van der Waals surface area contributed by atoms with Crippen LogP contribution in [0.4, 0.5) is 0 Å². The monoisotopic (exact) mass is 388 g/mol. The molecule has 0 aliphatic carbocycles. The summed E-state index contributed by atoms with van der Waals surface area (Å²) in [5, 5.41) is 0.629. The number of fused-ring (bicyclic) bond motifs is 1. The van der Waals surface area contributed by atoms with Crippen LogP contribution in [0.3, 0.4) is 0 Å². The fourth-order valence-electron chi connectivity index (χ4n) is 2.66. The fraction of sp³-hybridized carbons (Fsp3) is 0.300. The van der Waals surface area contributed by atoms with Gasteiger partial charge in [-0.2, -0.15) is 4.99 Å². The van der Waals surface area contributed by atoms with E-state index in [-0.39, 0.29) is 12.5 Å². The normalized spacial score (nSPS) is 11.9. The lowest BCUT2D eigenvalue weighted by atomic mass is 10.1. The summed E-state index contributed by atoms with van der Waals surface area (Å²) in [7, 11) is 0. The lowest BCUT2D eigenvalue weighted by Crippen LogP contribution is -2.19. The van der Waals surface area contributed by atoms with Crippen molar-refractivity contribution in [2.24, 2.45) is 4.99 Å². The molecule has 136 valence electrons. The van der Waals surface area contributed by atoms with Gasteiger partial charge in [0.2, 0.25) is 0 Å². The van der Waals surface area contributed by atoms with Gasteiger partial charge in [0.1, 0.15) is 5.75 Å². The van der Waals surface area contributed by atoms with Crippen molar-refractivity contribution >= 4 is 39.1 Å². The topological polar surface area (TPSA) is 43.6 Å². The summed E-state index contributed by atoms with van der Waals surface area (Å²) in [6.45, 7) is 7.05. The van der Waals surface area contributed by atoms with Gasteiger partial charge < -0.3 is 9.30 Å². The minimum Gasteiger partial charge on any atom is -0.484 e. The molecule has 0 spiro atoms. The summed E-state index contributed by atoms with van der Waals surface area (Å²) >= 11 is 7.39. The molecular weight excluding hydrogens is 368 g/mol. The van der Waals surface area contributed by atoms with Gasteiger partial charge in [-0.15, -0.1) is 0 Å². The van der Waals surface area contributed by atoms with E-state index in [4.69, 9.17) is 16.3 Å². The van der Waals surface area contributed by atoms with Crippen molar-refractivity contribution in [3.05, 3.63) is 57.3 Å². The Labute approximate surface area is 161 Å². The lowest BCUT2D eigenvalue weighted by Gasteiger charge is -2.05. The first kappa shape index (κ1) is 18.7. The molecule has 0 bridgehead atoms. The van der Waals surface area contributed by atoms with Crippen molar-refractivity contribution in [2.45, 2.75) is 33.7 Å². The number of hydrogen-bond acceptors (Lipinski definition) is 3. The van der Waals surface area contributed by atoms with Gasteiger partial charge >= 0.3 is 0 Å². The molecule has 3 aromatic rings. The van der Waals surface area contributed by atoms with Crippen LogP contribution in [0.25, 0.3) is 10.2 Å². The molecule has 0 radical (unpaired) electrons. The number of halogens is 1. The second-order valence-electron chi connectivity index (χ2n) is 6.19. The molecular formula is C20H21ClN2O2S. The molecule has 0 aliphatic heterocycles. The predicted octanol–water partition coefficient (Wildman–Crippen LogP) is 4.89. The molecule has 0 atom stereocenters. The third-order valence-electron chi connectivity index (χ3n) is 4.14. The van der Waals surface area contributed by atoms with Crippen LogP contribution in [0.15, 0.2) is 41.4 Å². The molecule has 1 heterocycles. The number of carbonyl (C=O) groups is 1. The SMILES string of the molecule is CCCn1c(=NC(=O)COc2ccc(Cl)cc2)sc2cc(C)c(C)cc21. The summed E-state index contributed by atoms with van der Waals surface area (Å²) in [5.74, 6) is 0.298. The molecule has 0 saturated heterocycles. The van der Waals surface area contributed by atoms with Crippen molar-refractivity contribution in [3.8, 4) is 5.75 Å². The number of carbonyl (C=O) groups excluding carboxylic acids is 1. The predicted molar refractivity (Wildman–Crippen MR) is 107 cm³/mol. The number of aryl methyl sites for hydroxylation is 3. The van der Waals surface area contributed by atoms with Crippen LogP contribution < -0.4 is 9.54 Å². The van der Waals surface area contributed by atoms with Gasteiger partial charge in [0, 0.05) is 11.6 Å². The first-order valence-electron chi connectivity index (χ1n) is 8.54. The van der Waals surface area contributed by atoms with E-state index in [1.807, 2.05) is 0 Å². The quantitative estimate of drug-likeness (QED) is 0.624. The second-order valence-corrected chi connectivity index (χ2v) is 7.63. The van der Waals surface area contributed by atoms with Crippen LogP contribution in [-0.4, -0.2) is 17.1 Å². The van der Waals surface area contributed by atoms with Gasteiger partial charge in [-0.25, -0.2) is 0 Å². The number of aromatic nitrogens is 1. The molecule has 6 heteroatoms. The van der Waals surface area contributed by atoms with E-state index in [1.165, 1.54) is 11.1 Å². The smallest absolute Gasteiger partial charge is 0.286 e. The van der Waals surface area contributed by atoms with Gasteiger partial charge in [-0.05, 0) is 67.8 Å². The zero-order valence-electron chi connectivity index (χ0n) is 15.1. The van der Waals surface area contributed by atoms with Crippen molar-refractivity contribution in [1.82, 2.24) is 4.57 Å². The Balaban J connectivity index is 1.88. The highest BCUT2D eigenvalue weighted by atomic mass is 35.5. The van der Waals surface area contributed by atoms with E-state index in [9.17, 15) is 4.79 Å². The largest absolute Gasteiger partial charge is 0.484 e. The second kappa shape index (κ2) is 8.06. The molecule has 0 saturated carbocycles. The van der Waals surface area contributed by atoms with Crippen LogP contribution in [0, 0.1) is 13.8 Å². The molecule has 0 unspecified atom stereocenters. The Morgan fingerprint density at radius 2 is 1.88 bits per heavy atom. The van der Waals surface area contributed by atoms with E-state index in [0.29, 0.717) is 10.8 Å². The Kier molecular flexibility index (Phi) is 5.79. The van der Waals surface area contributed by atoms with Crippen LogP contribution in [-0.2, 0) is 11.3 Å². The van der Waals surface area contributed by atoms with E-state index >= 15 is 0 Å².